The van der Waals surface area contributed by atoms with Crippen LogP contribution in [0.25, 0.3) is 32.8 Å². The molecule has 0 bridgehead atoms. The maximum Gasteiger partial charge on any atom is 0.318 e. The molecule has 2 heterocycles. The molecule has 0 amide bonds. The highest BCUT2D eigenvalue weighted by molar-refractivity contribution is 6.35. The first-order valence-electron chi connectivity index (χ1n) is 9.98. The van der Waals surface area contributed by atoms with Crippen LogP contribution in [0.5, 0.6) is 11.8 Å². The fourth-order valence-corrected chi connectivity index (χ4v) is 4.41. The molecule has 31 heavy (non-hydrogen) atoms. The number of phenolic OH excluding ortho intramolecular Hbond substituents is 1. The quantitative estimate of drug-likeness (QED) is 0.495. The highest BCUT2D eigenvalue weighted by Gasteiger charge is 2.24. The number of nitrogens with one attached hydrogen (secondary N) is 1. The molecule has 158 valence electrons. The Morgan fingerprint density at radius 3 is 2.65 bits per heavy atom. The second kappa shape index (κ2) is 7.83. The lowest BCUT2D eigenvalue weighted by Gasteiger charge is -2.29. The molecule has 4 aromatic rings. The lowest BCUT2D eigenvalue weighted by molar-refractivity contribution is 0.381. The van der Waals surface area contributed by atoms with Crippen LogP contribution in [-0.4, -0.2) is 48.4 Å². The number of aromatic hydroxyl groups is 1. The van der Waals surface area contributed by atoms with Crippen LogP contribution in [0.3, 0.4) is 0 Å². The molecule has 1 saturated heterocycles. The molecule has 6 nitrogen and oxygen atoms in total. The molecule has 1 aromatic heterocycles. The van der Waals surface area contributed by atoms with Crippen molar-refractivity contribution in [3.8, 4) is 22.9 Å². The summed E-state index contributed by atoms with van der Waals surface area (Å²) in [5, 5.41) is 15.9. The Kier molecular flexibility index (Phi) is 5.00. The molecule has 0 spiro atoms. The molecule has 0 atom stereocenters. The number of anilines is 1. The zero-order valence-electron chi connectivity index (χ0n) is 16.8. The van der Waals surface area contributed by atoms with E-state index in [9.17, 15) is 5.11 Å². The second-order valence-electron chi connectivity index (χ2n) is 7.43. The fourth-order valence-electron chi connectivity index (χ4n) is 4.12. The van der Waals surface area contributed by atoms with Crippen LogP contribution in [0.1, 0.15) is 0 Å². The van der Waals surface area contributed by atoms with Crippen molar-refractivity contribution in [3.05, 3.63) is 53.3 Å². The van der Waals surface area contributed by atoms with E-state index < -0.39 is 5.82 Å². The Morgan fingerprint density at radius 1 is 1.10 bits per heavy atom. The number of methoxy groups -OCH3 is 1. The predicted molar refractivity (Wildman–Crippen MR) is 121 cm³/mol. The minimum absolute atomic E-state index is 0.0334. The van der Waals surface area contributed by atoms with Crippen molar-refractivity contribution >= 4 is 39.1 Å². The van der Waals surface area contributed by atoms with Crippen molar-refractivity contribution in [3.63, 3.8) is 0 Å². The van der Waals surface area contributed by atoms with Gasteiger partial charge in [0.25, 0.3) is 0 Å². The lowest BCUT2D eigenvalue weighted by atomic mass is 9.96. The molecular formula is C23H20ClFN4O2. The first kappa shape index (κ1) is 19.8. The van der Waals surface area contributed by atoms with E-state index >= 15 is 4.39 Å². The van der Waals surface area contributed by atoms with E-state index in [2.05, 4.69) is 20.2 Å². The van der Waals surface area contributed by atoms with Gasteiger partial charge in [-0.25, -0.2) is 4.39 Å². The predicted octanol–water partition coefficient (Wildman–Crippen LogP) is 4.37. The SMILES string of the molecule is COc1nc(N2CCNCC2)c2cc(Cl)c(-c3cc(O)cc4ccccc34)c(F)c2n1. The lowest BCUT2D eigenvalue weighted by Crippen LogP contribution is -2.44. The van der Waals surface area contributed by atoms with Crippen molar-refractivity contribution in [2.75, 3.05) is 38.2 Å². The number of rotatable bonds is 3. The summed E-state index contributed by atoms with van der Waals surface area (Å²) < 4.78 is 21.3. The maximum atomic E-state index is 16.0. The molecule has 5 rings (SSSR count). The molecule has 2 N–H and O–H groups in total. The summed E-state index contributed by atoms with van der Waals surface area (Å²) in [7, 11) is 1.46. The average molecular weight is 439 g/mol. The van der Waals surface area contributed by atoms with Crippen LogP contribution in [0.2, 0.25) is 5.02 Å². The molecule has 0 saturated carbocycles. The standard InChI is InChI=1S/C23H20ClFN4O2/c1-31-23-27-21-17(22(28-23)29-8-6-26-7-9-29)12-18(24)19(20(21)25)16-11-14(30)10-13-4-2-3-5-15(13)16/h2-5,10-12,26,30H,6-9H2,1H3. The largest absolute Gasteiger partial charge is 0.508 e. The third kappa shape index (κ3) is 3.40. The average Bonchev–Trinajstić information content (AvgIpc) is 2.79. The van der Waals surface area contributed by atoms with Gasteiger partial charge in [0.1, 0.15) is 17.1 Å². The number of hydrogen-bond donors (Lipinski definition) is 2. The number of nitrogens with zero attached hydrogens (tertiary/aromatic N) is 3. The van der Waals surface area contributed by atoms with Gasteiger partial charge < -0.3 is 20.1 Å². The Balaban J connectivity index is 1.81. The Morgan fingerprint density at radius 2 is 1.87 bits per heavy atom. The normalized spacial score (nSPS) is 14.4. The summed E-state index contributed by atoms with van der Waals surface area (Å²) >= 11 is 6.64. The van der Waals surface area contributed by atoms with E-state index in [1.54, 1.807) is 12.1 Å². The van der Waals surface area contributed by atoms with Crippen LogP contribution in [0.15, 0.2) is 42.5 Å². The van der Waals surface area contributed by atoms with Crippen molar-refractivity contribution in [2.45, 2.75) is 0 Å². The van der Waals surface area contributed by atoms with E-state index in [-0.39, 0.29) is 27.9 Å². The van der Waals surface area contributed by atoms with Gasteiger partial charge in [-0.3, -0.25) is 0 Å². The smallest absolute Gasteiger partial charge is 0.318 e. The third-order valence-electron chi connectivity index (χ3n) is 5.56. The first-order chi connectivity index (χ1) is 15.1. The number of hydrogen-bond acceptors (Lipinski definition) is 6. The maximum absolute atomic E-state index is 16.0. The third-order valence-corrected chi connectivity index (χ3v) is 5.86. The van der Waals surface area contributed by atoms with Gasteiger partial charge in [0.2, 0.25) is 0 Å². The molecule has 8 heteroatoms. The summed E-state index contributed by atoms with van der Waals surface area (Å²) in [6, 6.07) is 12.4. The molecule has 1 aliphatic heterocycles. The minimum Gasteiger partial charge on any atom is -0.508 e. The molecule has 0 radical (unpaired) electrons. The number of phenols is 1. The van der Waals surface area contributed by atoms with Gasteiger partial charge in [-0.15, -0.1) is 0 Å². The number of piperazine rings is 1. The second-order valence-corrected chi connectivity index (χ2v) is 7.84. The van der Waals surface area contributed by atoms with Gasteiger partial charge >= 0.3 is 6.01 Å². The highest BCUT2D eigenvalue weighted by Crippen LogP contribution is 2.42. The summed E-state index contributed by atoms with van der Waals surface area (Å²) in [6.07, 6.45) is 0. The van der Waals surface area contributed by atoms with E-state index in [0.717, 1.165) is 37.0 Å². The number of benzene rings is 3. The molecule has 0 aliphatic carbocycles. The Bertz CT molecular complexity index is 1310. The van der Waals surface area contributed by atoms with Crippen LogP contribution < -0.4 is 15.0 Å². The summed E-state index contributed by atoms with van der Waals surface area (Å²) in [4.78, 5) is 10.9. The number of fused-ring (bicyclic) bond motifs is 2. The van der Waals surface area contributed by atoms with Crippen molar-refractivity contribution in [1.82, 2.24) is 15.3 Å². The van der Waals surface area contributed by atoms with Gasteiger partial charge in [0, 0.05) is 37.1 Å². The summed E-state index contributed by atoms with van der Waals surface area (Å²) in [5.41, 5.74) is 0.821. The van der Waals surface area contributed by atoms with Crippen molar-refractivity contribution in [1.29, 1.82) is 0 Å². The summed E-state index contributed by atoms with van der Waals surface area (Å²) in [6.45, 7) is 3.07. The van der Waals surface area contributed by atoms with Crippen LogP contribution in [0, 0.1) is 5.82 Å². The molecular weight excluding hydrogens is 419 g/mol. The summed E-state index contributed by atoms with van der Waals surface area (Å²) in [5.74, 6) is 0.0536. The van der Waals surface area contributed by atoms with Gasteiger partial charge in [-0.1, -0.05) is 35.9 Å². The van der Waals surface area contributed by atoms with Gasteiger partial charge in [-0.05, 0) is 34.5 Å². The minimum atomic E-state index is -0.574. The van der Waals surface area contributed by atoms with E-state index in [1.165, 1.54) is 13.2 Å². The molecule has 3 aromatic carbocycles. The van der Waals surface area contributed by atoms with Gasteiger partial charge in [-0.2, -0.15) is 9.97 Å². The van der Waals surface area contributed by atoms with E-state index in [0.29, 0.717) is 16.8 Å². The van der Waals surface area contributed by atoms with E-state index in [1.807, 2.05) is 24.3 Å². The first-order valence-corrected chi connectivity index (χ1v) is 10.4. The number of halogens is 2. The van der Waals surface area contributed by atoms with Crippen molar-refractivity contribution < 1.29 is 14.2 Å². The zero-order chi connectivity index (χ0) is 21.5. The monoisotopic (exact) mass is 438 g/mol. The molecule has 1 fully saturated rings. The number of aromatic nitrogens is 2. The van der Waals surface area contributed by atoms with Crippen LogP contribution >= 0.6 is 11.6 Å². The topological polar surface area (TPSA) is 70.5 Å². The Hall–Kier alpha value is -3.16. The molecule has 1 aliphatic rings. The molecule has 0 unspecified atom stereocenters. The number of ether oxygens (including phenoxy) is 1. The van der Waals surface area contributed by atoms with Crippen LogP contribution in [0.4, 0.5) is 10.2 Å². The fraction of sp³-hybridized carbons (Fsp3) is 0.217. The zero-order valence-corrected chi connectivity index (χ0v) is 17.6. The van der Waals surface area contributed by atoms with Crippen molar-refractivity contribution in [2.24, 2.45) is 0 Å². The highest BCUT2D eigenvalue weighted by atomic mass is 35.5. The van der Waals surface area contributed by atoms with Gasteiger partial charge in [0.05, 0.1) is 12.1 Å². The van der Waals surface area contributed by atoms with E-state index in [4.69, 9.17) is 16.3 Å². The van der Waals surface area contributed by atoms with Gasteiger partial charge in [0.15, 0.2) is 5.82 Å². The Labute approximate surface area is 183 Å². The van der Waals surface area contributed by atoms with Crippen LogP contribution in [-0.2, 0) is 0 Å².